The fourth-order valence-corrected chi connectivity index (χ4v) is 6.45. The van der Waals surface area contributed by atoms with Crippen molar-refractivity contribution < 1.29 is 9.53 Å². The first-order chi connectivity index (χ1) is 14.0. The Kier molecular flexibility index (Phi) is 6.59. The van der Waals surface area contributed by atoms with Crippen molar-refractivity contribution in [2.75, 3.05) is 45.9 Å². The highest BCUT2D eigenvalue weighted by Crippen LogP contribution is 2.48. The number of hydrogen-bond donors (Lipinski definition) is 1. The number of aryl methyl sites for hydroxylation is 2. The van der Waals surface area contributed by atoms with E-state index in [0.717, 1.165) is 82.3 Å². The molecule has 3 aliphatic rings. The number of fused-ring (bicyclic) bond motifs is 1. The van der Waals surface area contributed by atoms with E-state index >= 15 is 0 Å². The lowest BCUT2D eigenvalue weighted by Crippen LogP contribution is -2.60. The Bertz CT molecular complexity index is 698. The summed E-state index contributed by atoms with van der Waals surface area (Å²) in [7, 11) is 0. The zero-order chi connectivity index (χ0) is 20.4. The Morgan fingerprint density at radius 1 is 1.28 bits per heavy atom. The van der Waals surface area contributed by atoms with Gasteiger partial charge in [0.2, 0.25) is 5.91 Å². The van der Waals surface area contributed by atoms with Gasteiger partial charge >= 0.3 is 0 Å². The third kappa shape index (κ3) is 4.38. The number of nitrogens with one attached hydrogen (secondary N) is 1. The molecule has 3 atom stereocenters. The van der Waals surface area contributed by atoms with Gasteiger partial charge in [-0.05, 0) is 58.5 Å². The third-order valence-corrected chi connectivity index (χ3v) is 8.57. The molecule has 7 heteroatoms. The standard InChI is InChI=1S/C22H36N4O2S/c1-4-25-8-6-18-13-19(26-9-11-28-12-10-26)5-7-22(18,15-25)21(27)23-14-20-24-16(2)17(3)29-20/h18-19H,4-15H2,1-3H3,(H,23,27)/t18-,19+,22-/m1/s1. The van der Waals surface area contributed by atoms with E-state index < -0.39 is 0 Å². The first-order valence-corrected chi connectivity index (χ1v) is 12.1. The molecule has 0 radical (unpaired) electrons. The van der Waals surface area contributed by atoms with Gasteiger partial charge in [-0.2, -0.15) is 0 Å². The zero-order valence-electron chi connectivity index (χ0n) is 18.2. The Morgan fingerprint density at radius 2 is 2.07 bits per heavy atom. The number of rotatable bonds is 5. The number of carbonyl (C=O) groups excluding carboxylic acids is 1. The Balaban J connectivity index is 1.46. The number of hydrogen-bond acceptors (Lipinski definition) is 6. The summed E-state index contributed by atoms with van der Waals surface area (Å²) < 4.78 is 5.55. The van der Waals surface area contributed by atoms with E-state index in [9.17, 15) is 4.79 Å². The second kappa shape index (κ2) is 9.00. The summed E-state index contributed by atoms with van der Waals surface area (Å²) in [5, 5.41) is 4.31. The van der Waals surface area contributed by atoms with Gasteiger partial charge in [0.05, 0.1) is 30.9 Å². The molecule has 0 aromatic carbocycles. The summed E-state index contributed by atoms with van der Waals surface area (Å²) in [6, 6.07) is 0.613. The molecule has 2 aliphatic heterocycles. The number of morpholine rings is 1. The molecule has 0 spiro atoms. The molecule has 4 rings (SSSR count). The topological polar surface area (TPSA) is 57.7 Å². The van der Waals surface area contributed by atoms with Gasteiger partial charge in [-0.15, -0.1) is 11.3 Å². The molecule has 2 saturated heterocycles. The molecular weight excluding hydrogens is 384 g/mol. The zero-order valence-corrected chi connectivity index (χ0v) is 19.0. The monoisotopic (exact) mass is 420 g/mol. The van der Waals surface area contributed by atoms with Crippen LogP contribution in [-0.2, 0) is 16.1 Å². The van der Waals surface area contributed by atoms with Gasteiger partial charge in [-0.25, -0.2) is 4.98 Å². The Hall–Kier alpha value is -1.02. The lowest BCUT2D eigenvalue weighted by Gasteiger charge is -2.53. The molecule has 1 saturated carbocycles. The Labute approximate surface area is 179 Å². The van der Waals surface area contributed by atoms with Crippen molar-refractivity contribution in [1.82, 2.24) is 20.1 Å². The van der Waals surface area contributed by atoms with E-state index in [1.807, 2.05) is 6.92 Å². The fourth-order valence-electron chi connectivity index (χ4n) is 5.58. The summed E-state index contributed by atoms with van der Waals surface area (Å²) in [5.74, 6) is 0.734. The van der Waals surface area contributed by atoms with Crippen LogP contribution >= 0.6 is 11.3 Å². The SMILES string of the molecule is CCN1CC[C@@H]2C[C@@H](N3CCOCC3)CC[C@@]2(C(=O)NCc2nc(C)c(C)s2)C1. The van der Waals surface area contributed by atoms with Crippen molar-refractivity contribution in [3.8, 4) is 0 Å². The fraction of sp³-hybridized carbons (Fsp3) is 0.818. The maximum absolute atomic E-state index is 13.6. The van der Waals surface area contributed by atoms with E-state index in [-0.39, 0.29) is 11.3 Å². The van der Waals surface area contributed by atoms with Crippen LogP contribution in [0.1, 0.15) is 48.2 Å². The van der Waals surface area contributed by atoms with Gasteiger partial charge < -0.3 is 15.0 Å². The van der Waals surface area contributed by atoms with Crippen molar-refractivity contribution in [3.05, 3.63) is 15.6 Å². The molecular formula is C22H36N4O2S. The minimum atomic E-state index is -0.238. The maximum Gasteiger partial charge on any atom is 0.228 e. The largest absolute Gasteiger partial charge is 0.379 e. The second-order valence-electron chi connectivity index (χ2n) is 9.02. The highest BCUT2D eigenvalue weighted by molar-refractivity contribution is 7.11. The van der Waals surface area contributed by atoms with Gasteiger partial charge in [0.15, 0.2) is 0 Å². The van der Waals surface area contributed by atoms with Crippen molar-refractivity contribution in [3.63, 3.8) is 0 Å². The quantitative estimate of drug-likeness (QED) is 0.794. The van der Waals surface area contributed by atoms with E-state index in [0.29, 0.717) is 18.5 Å². The molecule has 0 bridgehead atoms. The van der Waals surface area contributed by atoms with Crippen molar-refractivity contribution >= 4 is 17.2 Å². The van der Waals surface area contributed by atoms with E-state index in [4.69, 9.17) is 4.74 Å². The third-order valence-electron chi connectivity index (χ3n) is 7.50. The van der Waals surface area contributed by atoms with E-state index in [1.165, 1.54) is 4.88 Å². The lowest BCUT2D eigenvalue weighted by atomic mass is 9.61. The van der Waals surface area contributed by atoms with Crippen LogP contribution in [0.5, 0.6) is 0 Å². The Morgan fingerprint density at radius 3 is 2.76 bits per heavy atom. The minimum Gasteiger partial charge on any atom is -0.379 e. The first kappa shape index (κ1) is 21.2. The number of thiazole rings is 1. The summed E-state index contributed by atoms with van der Waals surface area (Å²) in [6.45, 7) is 13.8. The highest BCUT2D eigenvalue weighted by atomic mass is 32.1. The molecule has 0 unspecified atom stereocenters. The van der Waals surface area contributed by atoms with Gasteiger partial charge in [-0.3, -0.25) is 9.69 Å². The molecule has 6 nitrogen and oxygen atoms in total. The molecule has 1 aromatic rings. The summed E-state index contributed by atoms with van der Waals surface area (Å²) in [6.07, 6.45) is 4.41. The molecule has 1 aliphatic carbocycles. The van der Waals surface area contributed by atoms with E-state index in [1.54, 1.807) is 11.3 Å². The van der Waals surface area contributed by atoms with Crippen LogP contribution in [-0.4, -0.2) is 72.7 Å². The summed E-state index contributed by atoms with van der Waals surface area (Å²) >= 11 is 1.70. The van der Waals surface area contributed by atoms with E-state index in [2.05, 4.69) is 33.9 Å². The molecule has 162 valence electrons. The lowest BCUT2D eigenvalue weighted by molar-refractivity contribution is -0.145. The number of aromatic nitrogens is 1. The average Bonchev–Trinajstić information content (AvgIpc) is 3.09. The van der Waals surface area contributed by atoms with Crippen molar-refractivity contribution in [2.45, 2.75) is 59.0 Å². The molecule has 3 heterocycles. The number of ether oxygens (including phenoxy) is 1. The minimum absolute atomic E-state index is 0.238. The van der Waals surface area contributed by atoms with Gasteiger partial charge in [-0.1, -0.05) is 6.92 Å². The van der Waals surface area contributed by atoms with Gasteiger partial charge in [0.25, 0.3) is 0 Å². The summed E-state index contributed by atoms with van der Waals surface area (Å²) in [4.78, 5) is 24.5. The molecule has 29 heavy (non-hydrogen) atoms. The van der Waals surface area contributed by atoms with Crippen LogP contribution in [0.2, 0.25) is 0 Å². The van der Waals surface area contributed by atoms with Crippen LogP contribution < -0.4 is 5.32 Å². The maximum atomic E-state index is 13.6. The van der Waals surface area contributed by atoms with Crippen LogP contribution in [0.25, 0.3) is 0 Å². The highest BCUT2D eigenvalue weighted by Gasteiger charge is 2.52. The number of piperidine rings is 1. The van der Waals surface area contributed by atoms with Crippen LogP contribution in [0.4, 0.5) is 0 Å². The van der Waals surface area contributed by atoms with Crippen LogP contribution in [0.3, 0.4) is 0 Å². The van der Waals surface area contributed by atoms with Crippen LogP contribution in [0.15, 0.2) is 0 Å². The number of amides is 1. The predicted octanol–water partition coefficient (Wildman–Crippen LogP) is 2.59. The normalized spacial score (nSPS) is 31.4. The number of nitrogens with zero attached hydrogens (tertiary/aromatic N) is 3. The average molecular weight is 421 g/mol. The number of likely N-dealkylation sites (tertiary alicyclic amines) is 1. The summed E-state index contributed by atoms with van der Waals surface area (Å²) in [5.41, 5.74) is 0.842. The van der Waals surface area contributed by atoms with Gasteiger partial charge in [0.1, 0.15) is 5.01 Å². The number of carbonyl (C=O) groups is 1. The van der Waals surface area contributed by atoms with Crippen molar-refractivity contribution in [1.29, 1.82) is 0 Å². The smallest absolute Gasteiger partial charge is 0.228 e. The first-order valence-electron chi connectivity index (χ1n) is 11.3. The molecule has 3 fully saturated rings. The molecule has 1 N–H and O–H groups in total. The van der Waals surface area contributed by atoms with Crippen LogP contribution in [0, 0.1) is 25.2 Å². The second-order valence-corrected chi connectivity index (χ2v) is 10.3. The molecule has 1 aromatic heterocycles. The predicted molar refractivity (Wildman–Crippen MR) is 116 cm³/mol. The van der Waals surface area contributed by atoms with Crippen molar-refractivity contribution in [2.24, 2.45) is 11.3 Å². The van der Waals surface area contributed by atoms with Gasteiger partial charge in [0, 0.05) is 30.6 Å². The molecule has 1 amide bonds.